The predicted octanol–water partition coefficient (Wildman–Crippen LogP) is 6.90. The van der Waals surface area contributed by atoms with E-state index in [2.05, 4.69) is 10.1 Å². The number of piperidine rings is 1. The van der Waals surface area contributed by atoms with Crippen molar-refractivity contribution in [2.75, 3.05) is 18.0 Å². The summed E-state index contributed by atoms with van der Waals surface area (Å²) >= 11 is 13.0. The number of anilines is 1. The molecule has 0 spiro atoms. The van der Waals surface area contributed by atoms with Gasteiger partial charge in [0.1, 0.15) is 22.8 Å². The molecule has 0 atom stereocenters. The Morgan fingerprint density at radius 2 is 1.78 bits per heavy atom. The number of ether oxygens (including phenoxy) is 1. The zero-order valence-corrected chi connectivity index (χ0v) is 21.9. The van der Waals surface area contributed by atoms with Gasteiger partial charge in [-0.15, -0.1) is 0 Å². The van der Waals surface area contributed by atoms with Gasteiger partial charge in [0, 0.05) is 42.6 Å². The fourth-order valence-corrected chi connectivity index (χ4v) is 6.02. The van der Waals surface area contributed by atoms with Crippen LogP contribution in [0.15, 0.2) is 47.0 Å². The lowest BCUT2D eigenvalue weighted by molar-refractivity contribution is 0.0245. The van der Waals surface area contributed by atoms with Crippen LogP contribution in [0.1, 0.15) is 53.3 Å². The van der Waals surface area contributed by atoms with Gasteiger partial charge in [0.25, 0.3) is 0 Å². The Balaban J connectivity index is 1.20. The van der Waals surface area contributed by atoms with E-state index in [1.807, 2.05) is 41.9 Å². The van der Waals surface area contributed by atoms with Crippen molar-refractivity contribution in [3.8, 4) is 11.3 Å². The standard InChI is InChI=1S/C28H27Cl2N3O4/c1-32-22-8-3-2-5-18(22)23(28(34)35)27(32)33-13-11-17(12-14-33)36-15-19-25(31-37-26(19)16-9-10-16)24-20(29)6-4-7-21(24)30/h2-8,16-17H,9-15H2,1H3,(H,34,35). The van der Waals surface area contributed by atoms with E-state index in [0.717, 1.165) is 53.7 Å². The van der Waals surface area contributed by atoms with E-state index in [-0.39, 0.29) is 6.10 Å². The SMILES string of the molecule is Cn1c(N2CCC(OCc3c(-c4c(Cl)cccc4Cl)noc3C3CC3)CC2)c(C(=O)O)c2ccccc21. The number of rotatable bonds is 7. The monoisotopic (exact) mass is 539 g/mol. The van der Waals surface area contributed by atoms with Gasteiger partial charge < -0.3 is 23.8 Å². The summed E-state index contributed by atoms with van der Waals surface area (Å²) in [6.45, 7) is 1.78. The lowest BCUT2D eigenvalue weighted by Crippen LogP contribution is -2.38. The molecule has 2 aromatic carbocycles. The normalized spacial score (nSPS) is 16.6. The van der Waals surface area contributed by atoms with Crippen LogP contribution < -0.4 is 4.90 Å². The van der Waals surface area contributed by atoms with Gasteiger partial charge in [-0.05, 0) is 43.9 Å². The van der Waals surface area contributed by atoms with Crippen LogP contribution in [0.5, 0.6) is 0 Å². The zero-order valence-electron chi connectivity index (χ0n) is 20.4. The Morgan fingerprint density at radius 3 is 2.46 bits per heavy atom. The van der Waals surface area contributed by atoms with Crippen molar-refractivity contribution in [3.63, 3.8) is 0 Å². The second-order valence-electron chi connectivity index (χ2n) is 9.82. The second-order valence-corrected chi connectivity index (χ2v) is 10.6. The molecular formula is C28H27Cl2N3O4. The summed E-state index contributed by atoms with van der Waals surface area (Å²) in [6, 6.07) is 13.1. The van der Waals surface area contributed by atoms with Gasteiger partial charge in [-0.3, -0.25) is 0 Å². The van der Waals surface area contributed by atoms with Crippen LogP contribution in [0.4, 0.5) is 5.82 Å². The average molecular weight is 540 g/mol. The van der Waals surface area contributed by atoms with Crippen LogP contribution in [0.3, 0.4) is 0 Å². The molecule has 0 unspecified atom stereocenters. The number of aryl methyl sites for hydroxylation is 1. The molecule has 2 aliphatic rings. The molecule has 1 N–H and O–H groups in total. The van der Waals surface area contributed by atoms with Gasteiger partial charge in [0.05, 0.1) is 28.3 Å². The van der Waals surface area contributed by atoms with E-state index >= 15 is 0 Å². The molecular weight excluding hydrogens is 513 g/mol. The molecule has 192 valence electrons. The number of carboxylic acids is 1. The van der Waals surface area contributed by atoms with E-state index < -0.39 is 5.97 Å². The molecule has 3 heterocycles. The second kappa shape index (κ2) is 9.71. The Hall–Kier alpha value is -3.00. The third-order valence-electron chi connectivity index (χ3n) is 7.46. The maximum Gasteiger partial charge on any atom is 0.340 e. The molecule has 1 saturated heterocycles. The number of nitrogens with zero attached hydrogens (tertiary/aromatic N) is 3. The topological polar surface area (TPSA) is 80.7 Å². The number of halogens is 2. The minimum absolute atomic E-state index is 0.0377. The van der Waals surface area contributed by atoms with Crippen LogP contribution in [0.2, 0.25) is 10.0 Å². The average Bonchev–Trinajstić information content (AvgIpc) is 3.58. The molecule has 1 saturated carbocycles. The summed E-state index contributed by atoms with van der Waals surface area (Å²) < 4.78 is 14.2. The van der Waals surface area contributed by atoms with Crippen molar-refractivity contribution in [2.24, 2.45) is 7.05 Å². The van der Waals surface area contributed by atoms with E-state index in [1.54, 1.807) is 12.1 Å². The number of aromatic carboxylic acids is 1. The van der Waals surface area contributed by atoms with E-state index in [4.69, 9.17) is 32.5 Å². The number of para-hydroxylation sites is 1. The Morgan fingerprint density at radius 1 is 1.08 bits per heavy atom. The van der Waals surface area contributed by atoms with Crippen LogP contribution in [-0.2, 0) is 18.4 Å². The van der Waals surface area contributed by atoms with Crippen LogP contribution in [0.25, 0.3) is 22.2 Å². The Labute approximate surface area is 224 Å². The van der Waals surface area contributed by atoms with Gasteiger partial charge in [0.2, 0.25) is 0 Å². The van der Waals surface area contributed by atoms with Gasteiger partial charge >= 0.3 is 5.97 Å². The molecule has 9 heteroatoms. The van der Waals surface area contributed by atoms with Crippen LogP contribution >= 0.6 is 23.2 Å². The fraction of sp³-hybridized carbons (Fsp3) is 0.357. The molecule has 2 aromatic heterocycles. The third-order valence-corrected chi connectivity index (χ3v) is 8.09. The summed E-state index contributed by atoms with van der Waals surface area (Å²) in [5.74, 6) is 1.07. The summed E-state index contributed by atoms with van der Waals surface area (Å²) in [5.41, 5.74) is 3.52. The van der Waals surface area contributed by atoms with E-state index in [1.165, 1.54) is 0 Å². The van der Waals surface area contributed by atoms with Crippen molar-refractivity contribution < 1.29 is 19.2 Å². The van der Waals surface area contributed by atoms with Crippen molar-refractivity contribution in [2.45, 2.75) is 44.3 Å². The fourth-order valence-electron chi connectivity index (χ4n) is 5.44. The van der Waals surface area contributed by atoms with Gasteiger partial charge in [0.15, 0.2) is 0 Å². The highest BCUT2D eigenvalue weighted by molar-refractivity contribution is 6.39. The van der Waals surface area contributed by atoms with Crippen LogP contribution in [0, 0.1) is 0 Å². The lowest BCUT2D eigenvalue weighted by atomic mass is 10.0. The number of fused-ring (bicyclic) bond motifs is 1. The number of benzene rings is 2. The predicted molar refractivity (Wildman–Crippen MR) is 144 cm³/mol. The number of carbonyl (C=O) groups is 1. The molecule has 7 nitrogen and oxygen atoms in total. The Bertz CT molecular complexity index is 1460. The summed E-state index contributed by atoms with van der Waals surface area (Å²) in [6.07, 6.45) is 3.76. The van der Waals surface area contributed by atoms with Crippen molar-refractivity contribution in [1.82, 2.24) is 9.72 Å². The summed E-state index contributed by atoms with van der Waals surface area (Å²) in [7, 11) is 1.93. The first-order valence-corrected chi connectivity index (χ1v) is 13.3. The summed E-state index contributed by atoms with van der Waals surface area (Å²) in [5, 5.41) is 16.2. The molecule has 0 bridgehead atoms. The van der Waals surface area contributed by atoms with Gasteiger partial charge in [-0.1, -0.05) is 52.6 Å². The Kier molecular flexibility index (Phi) is 6.39. The van der Waals surface area contributed by atoms with Crippen LogP contribution in [-0.4, -0.2) is 40.0 Å². The molecule has 1 aliphatic carbocycles. The van der Waals surface area contributed by atoms with Crippen molar-refractivity contribution >= 4 is 45.9 Å². The zero-order chi connectivity index (χ0) is 25.7. The van der Waals surface area contributed by atoms with Crippen molar-refractivity contribution in [1.29, 1.82) is 0 Å². The van der Waals surface area contributed by atoms with Crippen molar-refractivity contribution in [3.05, 3.63) is 69.4 Å². The quantitative estimate of drug-likeness (QED) is 0.275. The van der Waals surface area contributed by atoms with Gasteiger partial charge in [-0.25, -0.2) is 4.79 Å². The highest BCUT2D eigenvalue weighted by atomic mass is 35.5. The third kappa shape index (κ3) is 4.39. The first-order valence-electron chi connectivity index (χ1n) is 12.5. The maximum absolute atomic E-state index is 12.2. The van der Waals surface area contributed by atoms with Gasteiger partial charge in [-0.2, -0.15) is 0 Å². The molecule has 0 radical (unpaired) electrons. The molecule has 0 amide bonds. The first-order chi connectivity index (χ1) is 17.9. The first kappa shape index (κ1) is 24.3. The summed E-state index contributed by atoms with van der Waals surface area (Å²) in [4.78, 5) is 14.3. The maximum atomic E-state index is 12.2. The number of hydrogen-bond donors (Lipinski definition) is 1. The van der Waals surface area contributed by atoms with E-state index in [0.29, 0.717) is 52.5 Å². The highest BCUT2D eigenvalue weighted by Gasteiger charge is 2.34. The minimum atomic E-state index is -0.906. The largest absolute Gasteiger partial charge is 0.478 e. The number of carboxylic acid groups (broad SMARTS) is 1. The minimum Gasteiger partial charge on any atom is -0.478 e. The molecule has 6 rings (SSSR count). The smallest absolute Gasteiger partial charge is 0.340 e. The number of aromatic nitrogens is 2. The molecule has 2 fully saturated rings. The lowest BCUT2D eigenvalue weighted by Gasteiger charge is -2.34. The van der Waals surface area contributed by atoms with E-state index in [9.17, 15) is 9.90 Å². The molecule has 1 aliphatic heterocycles. The molecule has 4 aromatic rings. The molecule has 37 heavy (non-hydrogen) atoms. The number of hydrogen-bond acceptors (Lipinski definition) is 5. The highest BCUT2D eigenvalue weighted by Crippen LogP contribution is 2.46.